The average molecular weight is 521 g/mol. The number of ketones is 1. The van der Waals surface area contributed by atoms with Gasteiger partial charge in [-0.05, 0) is 35.9 Å². The first-order chi connectivity index (χ1) is 17.9. The van der Waals surface area contributed by atoms with Gasteiger partial charge in [-0.15, -0.1) is 0 Å². The number of hydrogen-bond acceptors (Lipinski definition) is 7. The molecule has 3 amide bonds. The number of nitrogens with one attached hydrogen (secondary N) is 1. The lowest BCUT2D eigenvalue weighted by Gasteiger charge is -2.28. The van der Waals surface area contributed by atoms with Gasteiger partial charge in [0.25, 0.3) is 0 Å². The van der Waals surface area contributed by atoms with E-state index >= 15 is 0 Å². The number of carbonyl (C=O) groups excluding carboxylic acids is 4. The highest BCUT2D eigenvalue weighted by Gasteiger charge is 2.52. The molecule has 0 spiro atoms. The smallest absolute Gasteiger partial charge is 0.399 e. The maximum absolute atomic E-state index is 13.5. The molecule has 2 fully saturated rings. The molecular formula is C27H28N4O5S. The lowest BCUT2D eigenvalue weighted by atomic mass is 10.1. The zero-order valence-electron chi connectivity index (χ0n) is 20.5. The van der Waals surface area contributed by atoms with Gasteiger partial charge in [0, 0.05) is 29.7 Å². The zero-order valence-corrected chi connectivity index (χ0v) is 21.3. The molecule has 5 rings (SSSR count). The molecule has 37 heavy (non-hydrogen) atoms. The van der Waals surface area contributed by atoms with Crippen molar-refractivity contribution in [2.24, 2.45) is 0 Å². The van der Waals surface area contributed by atoms with E-state index in [2.05, 4.69) is 10.3 Å². The highest BCUT2D eigenvalue weighted by Crippen LogP contribution is 2.32. The maximum Gasteiger partial charge on any atom is 0.414 e. The number of rotatable bonds is 7. The molecule has 4 heterocycles. The fourth-order valence-electron chi connectivity index (χ4n) is 5.19. The standard InChI is InChI=1S/C27H28N4O5S/c1-2-6-19(29-27(35)36-24-14-18-8-3-4-9-22(18)37-24)26(34)30-12-10-20-25(30)21(32)16-31(20)23(33)13-17-7-5-11-28-15-17/h3-5,7-9,11,14-15,19-20,25H,2,6,10,12-13,16H2,1H3,(H,29,35). The molecular weight excluding hydrogens is 492 g/mol. The van der Waals surface area contributed by atoms with E-state index in [4.69, 9.17) is 4.74 Å². The van der Waals surface area contributed by atoms with Crippen molar-refractivity contribution in [2.45, 2.75) is 50.7 Å². The third kappa shape index (κ3) is 5.20. The van der Waals surface area contributed by atoms with E-state index in [9.17, 15) is 19.2 Å². The highest BCUT2D eigenvalue weighted by molar-refractivity contribution is 7.20. The fourth-order valence-corrected chi connectivity index (χ4v) is 6.10. The van der Waals surface area contributed by atoms with Crippen LogP contribution in [0.1, 0.15) is 31.7 Å². The third-order valence-corrected chi connectivity index (χ3v) is 7.86. The summed E-state index contributed by atoms with van der Waals surface area (Å²) in [6, 6.07) is 11.2. The monoisotopic (exact) mass is 520 g/mol. The average Bonchev–Trinajstić information content (AvgIpc) is 3.58. The number of thiophene rings is 1. The van der Waals surface area contributed by atoms with Crippen LogP contribution in [-0.2, 0) is 20.8 Å². The topological polar surface area (TPSA) is 109 Å². The second-order valence-corrected chi connectivity index (χ2v) is 10.4. The molecule has 3 unspecified atom stereocenters. The van der Waals surface area contributed by atoms with E-state index in [1.807, 2.05) is 37.3 Å². The molecule has 0 aliphatic carbocycles. The fraction of sp³-hybridized carbons (Fsp3) is 0.370. The van der Waals surface area contributed by atoms with Gasteiger partial charge >= 0.3 is 6.09 Å². The number of likely N-dealkylation sites (tertiary alicyclic amines) is 2. The SMILES string of the molecule is CCCC(NC(=O)Oc1cc2ccccc2s1)C(=O)N1CCC2C1C(=O)CN2C(=O)Cc1cccnc1. The number of ether oxygens (including phenoxy) is 1. The first-order valence-corrected chi connectivity index (χ1v) is 13.2. The van der Waals surface area contributed by atoms with Gasteiger partial charge in [0.15, 0.2) is 10.8 Å². The van der Waals surface area contributed by atoms with Crippen molar-refractivity contribution in [3.05, 3.63) is 60.4 Å². The van der Waals surface area contributed by atoms with Crippen molar-refractivity contribution in [3.63, 3.8) is 0 Å². The molecule has 0 bridgehead atoms. The van der Waals surface area contributed by atoms with Crippen LogP contribution in [0.2, 0.25) is 0 Å². The number of amides is 3. The van der Waals surface area contributed by atoms with Crippen LogP contribution in [0.4, 0.5) is 4.79 Å². The van der Waals surface area contributed by atoms with Crippen LogP contribution in [0.5, 0.6) is 5.06 Å². The zero-order chi connectivity index (χ0) is 25.9. The molecule has 2 aliphatic heterocycles. The lowest BCUT2D eigenvalue weighted by molar-refractivity contribution is -0.138. The summed E-state index contributed by atoms with van der Waals surface area (Å²) in [7, 11) is 0. The molecule has 1 aromatic carbocycles. The molecule has 3 atom stereocenters. The number of carbonyl (C=O) groups is 4. The van der Waals surface area contributed by atoms with Crippen molar-refractivity contribution in [3.8, 4) is 5.06 Å². The van der Waals surface area contributed by atoms with Crippen molar-refractivity contribution in [2.75, 3.05) is 13.1 Å². The molecule has 0 radical (unpaired) electrons. The lowest BCUT2D eigenvalue weighted by Crippen LogP contribution is -2.53. The van der Waals surface area contributed by atoms with Crippen LogP contribution in [-0.4, -0.2) is 69.7 Å². The Morgan fingerprint density at radius 1 is 1.19 bits per heavy atom. The largest absolute Gasteiger partial charge is 0.414 e. The quantitative estimate of drug-likeness (QED) is 0.513. The van der Waals surface area contributed by atoms with Crippen LogP contribution >= 0.6 is 11.3 Å². The van der Waals surface area contributed by atoms with Crippen molar-refractivity contribution < 1.29 is 23.9 Å². The number of hydrogen-bond donors (Lipinski definition) is 1. The summed E-state index contributed by atoms with van der Waals surface area (Å²) in [6.45, 7) is 2.26. The Kier molecular flexibility index (Phi) is 7.18. The summed E-state index contributed by atoms with van der Waals surface area (Å²) < 4.78 is 6.47. The predicted molar refractivity (Wildman–Crippen MR) is 138 cm³/mol. The Labute approximate surface area is 218 Å². The van der Waals surface area contributed by atoms with Crippen LogP contribution in [0.3, 0.4) is 0 Å². The van der Waals surface area contributed by atoms with E-state index in [1.54, 1.807) is 29.4 Å². The number of nitrogens with zero attached hydrogens (tertiary/aromatic N) is 3. The van der Waals surface area contributed by atoms with Crippen LogP contribution in [0.25, 0.3) is 10.1 Å². The van der Waals surface area contributed by atoms with Gasteiger partial charge in [-0.3, -0.25) is 19.4 Å². The summed E-state index contributed by atoms with van der Waals surface area (Å²) in [5.74, 6) is -0.630. The minimum absolute atomic E-state index is 0.0158. The minimum Gasteiger partial charge on any atom is -0.399 e. The number of benzene rings is 1. The normalized spacial score (nSPS) is 19.6. The first kappa shape index (κ1) is 24.9. The number of Topliss-reactive ketones (excluding diaryl/α,β-unsaturated/α-hetero) is 1. The highest BCUT2D eigenvalue weighted by atomic mass is 32.1. The Balaban J connectivity index is 1.24. The second-order valence-electron chi connectivity index (χ2n) is 9.34. The predicted octanol–water partition coefficient (Wildman–Crippen LogP) is 3.18. The van der Waals surface area contributed by atoms with Crippen molar-refractivity contribution >= 4 is 45.1 Å². The maximum atomic E-state index is 13.5. The molecule has 0 saturated carbocycles. The number of pyridine rings is 1. The van der Waals surface area contributed by atoms with Crippen molar-refractivity contribution in [1.29, 1.82) is 0 Å². The molecule has 2 aliphatic rings. The molecule has 3 aromatic rings. The van der Waals surface area contributed by atoms with Gasteiger partial charge in [-0.2, -0.15) is 0 Å². The molecule has 1 N–H and O–H groups in total. The van der Waals surface area contributed by atoms with Gasteiger partial charge in [0.05, 0.1) is 19.0 Å². The second kappa shape index (κ2) is 10.7. The van der Waals surface area contributed by atoms with Crippen molar-refractivity contribution in [1.82, 2.24) is 20.1 Å². The van der Waals surface area contributed by atoms with E-state index in [0.29, 0.717) is 30.9 Å². The Morgan fingerprint density at radius 2 is 2.03 bits per heavy atom. The van der Waals surface area contributed by atoms with E-state index in [0.717, 1.165) is 15.6 Å². The van der Waals surface area contributed by atoms with E-state index in [-0.39, 0.29) is 36.6 Å². The Bertz CT molecular complexity index is 1290. The van der Waals surface area contributed by atoms with Crippen LogP contribution in [0.15, 0.2) is 54.9 Å². The van der Waals surface area contributed by atoms with Gasteiger partial charge in [-0.25, -0.2) is 4.79 Å². The first-order valence-electron chi connectivity index (χ1n) is 12.4. The minimum atomic E-state index is -0.821. The van der Waals surface area contributed by atoms with E-state index in [1.165, 1.54) is 16.2 Å². The molecule has 10 heteroatoms. The molecule has 2 aromatic heterocycles. The molecule has 2 saturated heterocycles. The van der Waals surface area contributed by atoms with Gasteiger partial charge in [0.2, 0.25) is 11.8 Å². The summed E-state index contributed by atoms with van der Waals surface area (Å²) in [4.78, 5) is 59.3. The third-order valence-electron chi connectivity index (χ3n) is 6.87. The number of fused-ring (bicyclic) bond motifs is 2. The van der Waals surface area contributed by atoms with Gasteiger partial charge in [0.1, 0.15) is 12.1 Å². The Morgan fingerprint density at radius 3 is 2.78 bits per heavy atom. The summed E-state index contributed by atoms with van der Waals surface area (Å²) >= 11 is 1.35. The Hall–Kier alpha value is -3.79. The molecule has 9 nitrogen and oxygen atoms in total. The van der Waals surface area contributed by atoms with E-state index < -0.39 is 18.2 Å². The van der Waals surface area contributed by atoms with Crippen LogP contribution < -0.4 is 10.1 Å². The van der Waals surface area contributed by atoms with Crippen LogP contribution in [0, 0.1) is 0 Å². The van der Waals surface area contributed by atoms with Gasteiger partial charge < -0.3 is 19.9 Å². The summed E-state index contributed by atoms with van der Waals surface area (Å²) in [5.41, 5.74) is 0.777. The summed E-state index contributed by atoms with van der Waals surface area (Å²) in [6.07, 6.45) is 4.31. The molecule has 192 valence electrons. The summed E-state index contributed by atoms with van der Waals surface area (Å²) in [5, 5.41) is 4.12. The van der Waals surface area contributed by atoms with Gasteiger partial charge in [-0.1, -0.05) is 48.9 Å². The number of aromatic nitrogens is 1.